The Morgan fingerprint density at radius 3 is 2.27 bits per heavy atom. The smallest absolute Gasteiger partial charge is 0.211 e. The quantitative estimate of drug-likeness (QED) is 0.479. The predicted molar refractivity (Wildman–Crippen MR) is 44.0 cm³/mol. The normalized spacial score (nSPS) is 15.6. The van der Waals surface area contributed by atoms with Gasteiger partial charge in [-0.15, -0.1) is 0 Å². The minimum absolute atomic E-state index is 0.127. The van der Waals surface area contributed by atoms with Crippen LogP contribution in [0, 0.1) is 0 Å². The Morgan fingerprint density at radius 1 is 1.45 bits per heavy atom. The number of nitrogens with zero attached hydrogens (tertiary/aromatic N) is 1. The lowest BCUT2D eigenvalue weighted by molar-refractivity contribution is -0.131. The maximum Gasteiger partial charge on any atom is 0.211 e. The van der Waals surface area contributed by atoms with Crippen molar-refractivity contribution < 1.29 is 9.90 Å². The van der Waals surface area contributed by atoms with Gasteiger partial charge >= 0.3 is 0 Å². The van der Waals surface area contributed by atoms with Crippen molar-refractivity contribution >= 4 is 6.41 Å². The molecular formula is C8H17NO2. The van der Waals surface area contributed by atoms with Gasteiger partial charge in [0.25, 0.3) is 0 Å². The van der Waals surface area contributed by atoms with E-state index in [0.717, 1.165) is 6.42 Å². The van der Waals surface area contributed by atoms with Crippen molar-refractivity contribution in [2.45, 2.75) is 45.9 Å². The topological polar surface area (TPSA) is 40.5 Å². The molecule has 3 heteroatoms. The zero-order valence-electron chi connectivity index (χ0n) is 7.45. The Morgan fingerprint density at radius 2 is 2.00 bits per heavy atom. The van der Waals surface area contributed by atoms with E-state index in [2.05, 4.69) is 0 Å². The molecule has 0 aromatic carbocycles. The molecule has 0 aromatic heterocycles. The van der Waals surface area contributed by atoms with Gasteiger partial charge in [0, 0.05) is 6.04 Å². The Balaban J connectivity index is 4.03. The summed E-state index contributed by atoms with van der Waals surface area (Å²) in [5.74, 6) is 0. The highest BCUT2D eigenvalue weighted by Crippen LogP contribution is 2.06. The van der Waals surface area contributed by atoms with Crippen LogP contribution in [-0.4, -0.2) is 28.7 Å². The van der Waals surface area contributed by atoms with Crippen LogP contribution in [0.4, 0.5) is 0 Å². The van der Waals surface area contributed by atoms with Crippen molar-refractivity contribution in [2.24, 2.45) is 0 Å². The van der Waals surface area contributed by atoms with Gasteiger partial charge in [-0.3, -0.25) is 4.79 Å². The highest BCUT2D eigenvalue weighted by atomic mass is 16.3. The first-order chi connectivity index (χ1) is 5.17. The van der Waals surface area contributed by atoms with E-state index in [1.165, 1.54) is 4.90 Å². The molecule has 0 bridgehead atoms. The van der Waals surface area contributed by atoms with E-state index < -0.39 is 6.23 Å². The van der Waals surface area contributed by atoms with Gasteiger partial charge in [-0.1, -0.05) is 13.8 Å². The standard InChI is InChI=1S/C8H17NO2/c1-4-7(3)9(6-10)8(11)5-2/h6-8,11H,4-5H2,1-3H3. The van der Waals surface area contributed by atoms with Crippen LogP contribution in [0.5, 0.6) is 0 Å². The molecule has 0 aliphatic heterocycles. The molecule has 0 fully saturated rings. The highest BCUT2D eigenvalue weighted by molar-refractivity contribution is 5.47. The van der Waals surface area contributed by atoms with Gasteiger partial charge in [0.15, 0.2) is 0 Å². The third-order valence-electron chi connectivity index (χ3n) is 1.93. The molecule has 0 saturated carbocycles. The average molecular weight is 159 g/mol. The summed E-state index contributed by atoms with van der Waals surface area (Å²) in [7, 11) is 0. The molecule has 0 rings (SSSR count). The number of amides is 1. The number of carbonyl (C=O) groups excluding carboxylic acids is 1. The zero-order chi connectivity index (χ0) is 8.85. The Kier molecular flexibility index (Phi) is 4.86. The van der Waals surface area contributed by atoms with Crippen LogP contribution in [-0.2, 0) is 4.79 Å². The molecule has 0 aliphatic carbocycles. The van der Waals surface area contributed by atoms with Gasteiger partial charge in [-0.05, 0) is 19.8 Å². The molecule has 0 aliphatic rings. The average Bonchev–Trinajstić information content (AvgIpc) is 2.05. The molecule has 0 saturated heterocycles. The van der Waals surface area contributed by atoms with Gasteiger partial charge in [-0.25, -0.2) is 0 Å². The minimum Gasteiger partial charge on any atom is -0.374 e. The fraction of sp³-hybridized carbons (Fsp3) is 0.875. The van der Waals surface area contributed by atoms with Crippen LogP contribution in [0.3, 0.4) is 0 Å². The fourth-order valence-corrected chi connectivity index (χ4v) is 0.890. The van der Waals surface area contributed by atoms with Crippen LogP contribution < -0.4 is 0 Å². The summed E-state index contributed by atoms with van der Waals surface area (Å²) < 4.78 is 0. The third-order valence-corrected chi connectivity index (χ3v) is 1.93. The van der Waals surface area contributed by atoms with E-state index in [1.54, 1.807) is 0 Å². The lowest BCUT2D eigenvalue weighted by Crippen LogP contribution is -2.40. The molecule has 66 valence electrons. The number of hydrogen-bond donors (Lipinski definition) is 1. The molecular weight excluding hydrogens is 142 g/mol. The number of rotatable bonds is 5. The first kappa shape index (κ1) is 10.4. The van der Waals surface area contributed by atoms with Gasteiger partial charge in [0.2, 0.25) is 6.41 Å². The van der Waals surface area contributed by atoms with Crippen LogP contribution >= 0.6 is 0 Å². The van der Waals surface area contributed by atoms with E-state index in [0.29, 0.717) is 12.8 Å². The number of hydrogen-bond acceptors (Lipinski definition) is 2. The van der Waals surface area contributed by atoms with E-state index >= 15 is 0 Å². The third kappa shape index (κ3) is 2.89. The van der Waals surface area contributed by atoms with E-state index in [4.69, 9.17) is 0 Å². The second-order valence-corrected chi connectivity index (χ2v) is 2.70. The van der Waals surface area contributed by atoms with Crippen molar-refractivity contribution in [3.63, 3.8) is 0 Å². The second kappa shape index (κ2) is 5.13. The van der Waals surface area contributed by atoms with E-state index in [-0.39, 0.29) is 6.04 Å². The lowest BCUT2D eigenvalue weighted by Gasteiger charge is -2.28. The van der Waals surface area contributed by atoms with Crippen molar-refractivity contribution in [2.75, 3.05) is 0 Å². The van der Waals surface area contributed by atoms with Crippen molar-refractivity contribution in [3.8, 4) is 0 Å². The highest BCUT2D eigenvalue weighted by Gasteiger charge is 2.15. The Hall–Kier alpha value is -0.570. The van der Waals surface area contributed by atoms with Crippen LogP contribution in [0.25, 0.3) is 0 Å². The second-order valence-electron chi connectivity index (χ2n) is 2.70. The number of aliphatic hydroxyl groups is 1. The molecule has 0 spiro atoms. The largest absolute Gasteiger partial charge is 0.374 e. The predicted octanol–water partition coefficient (Wildman–Crippen LogP) is 0.972. The van der Waals surface area contributed by atoms with Crippen LogP contribution in [0.1, 0.15) is 33.6 Å². The summed E-state index contributed by atoms with van der Waals surface area (Å²) in [6, 6.07) is 0.127. The minimum atomic E-state index is -0.623. The van der Waals surface area contributed by atoms with Crippen LogP contribution in [0.2, 0.25) is 0 Å². The summed E-state index contributed by atoms with van der Waals surface area (Å²) in [5, 5.41) is 9.31. The van der Waals surface area contributed by atoms with E-state index in [9.17, 15) is 9.90 Å². The van der Waals surface area contributed by atoms with Crippen molar-refractivity contribution in [1.29, 1.82) is 0 Å². The van der Waals surface area contributed by atoms with Crippen molar-refractivity contribution in [1.82, 2.24) is 4.90 Å². The molecule has 0 heterocycles. The number of aliphatic hydroxyl groups excluding tert-OH is 1. The summed E-state index contributed by atoms with van der Waals surface area (Å²) in [5.41, 5.74) is 0. The summed E-state index contributed by atoms with van der Waals surface area (Å²) in [6.45, 7) is 5.76. The maximum atomic E-state index is 10.5. The molecule has 1 amide bonds. The monoisotopic (exact) mass is 159 g/mol. The maximum absolute atomic E-state index is 10.5. The molecule has 3 nitrogen and oxygen atoms in total. The van der Waals surface area contributed by atoms with Crippen LogP contribution in [0.15, 0.2) is 0 Å². The summed E-state index contributed by atoms with van der Waals surface area (Å²) in [6.07, 6.45) is 1.55. The Labute approximate surface area is 68.0 Å². The molecule has 0 aromatic rings. The molecule has 0 radical (unpaired) electrons. The fourth-order valence-electron chi connectivity index (χ4n) is 0.890. The van der Waals surface area contributed by atoms with Gasteiger partial charge in [0.1, 0.15) is 6.23 Å². The summed E-state index contributed by atoms with van der Waals surface area (Å²) in [4.78, 5) is 11.9. The SMILES string of the molecule is CCC(C)N(C=O)C(O)CC. The van der Waals surface area contributed by atoms with Gasteiger partial charge in [0.05, 0.1) is 0 Å². The lowest BCUT2D eigenvalue weighted by atomic mass is 10.2. The first-order valence-corrected chi connectivity index (χ1v) is 4.08. The zero-order valence-corrected chi connectivity index (χ0v) is 7.45. The van der Waals surface area contributed by atoms with E-state index in [1.807, 2.05) is 20.8 Å². The molecule has 2 atom stereocenters. The molecule has 11 heavy (non-hydrogen) atoms. The molecule has 1 N–H and O–H groups in total. The number of carbonyl (C=O) groups is 1. The van der Waals surface area contributed by atoms with Gasteiger partial charge in [-0.2, -0.15) is 0 Å². The Bertz CT molecular complexity index is 107. The summed E-state index contributed by atoms with van der Waals surface area (Å²) >= 11 is 0. The molecule has 2 unspecified atom stereocenters. The van der Waals surface area contributed by atoms with Gasteiger partial charge < -0.3 is 10.0 Å². The van der Waals surface area contributed by atoms with Crippen molar-refractivity contribution in [3.05, 3.63) is 0 Å². The first-order valence-electron chi connectivity index (χ1n) is 4.08.